The third-order valence-corrected chi connectivity index (χ3v) is 8.60. The van der Waals surface area contributed by atoms with Gasteiger partial charge in [0.1, 0.15) is 0 Å². The third-order valence-electron chi connectivity index (χ3n) is 7.86. The lowest BCUT2D eigenvalue weighted by molar-refractivity contribution is 0.0778. The highest BCUT2D eigenvalue weighted by Gasteiger charge is 2.38. The summed E-state index contributed by atoms with van der Waals surface area (Å²) in [6.07, 6.45) is 2.49. The maximum atomic E-state index is 13.1. The molecule has 0 aliphatic carbocycles. The summed E-state index contributed by atoms with van der Waals surface area (Å²) in [6.45, 7) is 3.14. The molecule has 1 unspecified atom stereocenters. The fourth-order valence-electron chi connectivity index (χ4n) is 5.40. The molecule has 1 aliphatic rings. The van der Waals surface area contributed by atoms with Crippen molar-refractivity contribution in [3.8, 4) is 0 Å². The molecule has 0 aromatic heterocycles. The van der Waals surface area contributed by atoms with Gasteiger partial charge in [0, 0.05) is 52.3 Å². The molecule has 0 saturated carbocycles. The first-order valence-electron chi connectivity index (χ1n) is 13.7. The highest BCUT2D eigenvalue weighted by molar-refractivity contribution is 6.42. The molecule has 1 fully saturated rings. The first kappa shape index (κ1) is 29.9. The Bertz CT molecular complexity index is 1280. The van der Waals surface area contributed by atoms with Crippen LogP contribution in [0.15, 0.2) is 78.9 Å². The number of carbonyl (C=O) groups is 2. The van der Waals surface area contributed by atoms with Crippen molar-refractivity contribution in [3.05, 3.63) is 106 Å². The third kappa shape index (κ3) is 7.36. The van der Waals surface area contributed by atoms with E-state index >= 15 is 0 Å². The highest BCUT2D eigenvalue weighted by atomic mass is 35.5. The Morgan fingerprint density at radius 1 is 0.900 bits per heavy atom. The van der Waals surface area contributed by atoms with Gasteiger partial charge in [-0.15, -0.1) is 0 Å². The van der Waals surface area contributed by atoms with E-state index in [2.05, 4.69) is 22.3 Å². The molecule has 4 rings (SSSR count). The smallest absolute Gasteiger partial charge is 0.317 e. The normalized spacial score (nSPS) is 15.7. The van der Waals surface area contributed by atoms with Gasteiger partial charge in [-0.05, 0) is 61.2 Å². The summed E-state index contributed by atoms with van der Waals surface area (Å²) in [7, 11) is 5.39. The Labute approximate surface area is 247 Å². The van der Waals surface area contributed by atoms with E-state index in [0.717, 1.165) is 50.0 Å². The number of nitrogens with zero attached hydrogens (tertiary/aromatic N) is 3. The SMILES string of the molecule is CN(C)C(=O)NC1(c2ccccc2)CCN(CCC(CN(C)C(=O)c2ccccc2)c2ccc(Cl)c(Cl)c2)CC1. The van der Waals surface area contributed by atoms with E-state index in [1.165, 1.54) is 0 Å². The maximum absolute atomic E-state index is 13.1. The molecule has 0 bridgehead atoms. The first-order valence-corrected chi connectivity index (χ1v) is 14.5. The van der Waals surface area contributed by atoms with Crippen LogP contribution in [0.3, 0.4) is 0 Å². The second-order valence-electron chi connectivity index (χ2n) is 10.8. The zero-order chi connectivity index (χ0) is 28.7. The molecule has 1 heterocycles. The van der Waals surface area contributed by atoms with Crippen LogP contribution in [-0.4, -0.2) is 74.0 Å². The number of hydrogen-bond donors (Lipinski definition) is 1. The molecule has 40 heavy (non-hydrogen) atoms. The number of halogens is 2. The van der Waals surface area contributed by atoms with Crippen LogP contribution >= 0.6 is 23.2 Å². The average molecular weight is 582 g/mol. The largest absolute Gasteiger partial charge is 0.341 e. The Morgan fingerprint density at radius 3 is 2.12 bits per heavy atom. The molecule has 6 nitrogen and oxygen atoms in total. The van der Waals surface area contributed by atoms with Gasteiger partial charge in [-0.3, -0.25) is 4.79 Å². The Balaban J connectivity index is 1.46. The first-order chi connectivity index (χ1) is 19.2. The number of nitrogens with one attached hydrogen (secondary N) is 1. The summed E-state index contributed by atoms with van der Waals surface area (Å²) in [5.74, 6) is 0.0783. The van der Waals surface area contributed by atoms with Gasteiger partial charge in [0.25, 0.3) is 5.91 Å². The van der Waals surface area contributed by atoms with E-state index < -0.39 is 5.54 Å². The quantitative estimate of drug-likeness (QED) is 0.314. The average Bonchev–Trinajstić information content (AvgIpc) is 2.97. The van der Waals surface area contributed by atoms with Gasteiger partial charge >= 0.3 is 6.03 Å². The second-order valence-corrected chi connectivity index (χ2v) is 11.6. The van der Waals surface area contributed by atoms with Crippen LogP contribution in [-0.2, 0) is 5.54 Å². The van der Waals surface area contributed by atoms with Crippen molar-refractivity contribution in [1.29, 1.82) is 0 Å². The molecule has 0 radical (unpaired) electrons. The molecule has 1 atom stereocenters. The zero-order valence-electron chi connectivity index (χ0n) is 23.4. The number of rotatable bonds is 9. The zero-order valence-corrected chi connectivity index (χ0v) is 25.0. The molecule has 8 heteroatoms. The van der Waals surface area contributed by atoms with Gasteiger partial charge in [0.2, 0.25) is 0 Å². The fraction of sp³-hybridized carbons (Fsp3) is 0.375. The summed E-state index contributed by atoms with van der Waals surface area (Å²) in [4.78, 5) is 31.6. The second kappa shape index (κ2) is 13.5. The number of benzene rings is 3. The number of piperidine rings is 1. The van der Waals surface area contributed by atoms with Crippen LogP contribution in [0.2, 0.25) is 10.0 Å². The minimum atomic E-state index is -0.398. The standard InChI is InChI=1S/C32H38Cl2N4O2/c1-36(2)31(40)35-32(27-12-8-5-9-13-27)17-20-38(21-18-32)19-16-26(25-14-15-28(33)29(34)22-25)23-37(3)30(39)24-10-6-4-7-11-24/h4-15,22,26H,16-21,23H2,1-3H3,(H,35,40). The molecule has 212 valence electrons. The summed E-state index contributed by atoms with van der Waals surface area (Å²) in [6, 6.07) is 25.3. The Hall–Kier alpha value is -3.06. The van der Waals surface area contributed by atoms with E-state index in [1.54, 1.807) is 23.9 Å². The van der Waals surface area contributed by atoms with E-state index in [0.29, 0.717) is 22.2 Å². The highest BCUT2D eigenvalue weighted by Crippen LogP contribution is 2.34. The summed E-state index contributed by atoms with van der Waals surface area (Å²) in [5, 5.41) is 4.35. The Morgan fingerprint density at radius 2 is 1.52 bits per heavy atom. The van der Waals surface area contributed by atoms with Crippen molar-refractivity contribution in [1.82, 2.24) is 20.0 Å². The van der Waals surface area contributed by atoms with Crippen LogP contribution in [0, 0.1) is 0 Å². The molecule has 1 saturated heterocycles. The summed E-state index contributed by atoms with van der Waals surface area (Å²) >= 11 is 12.6. The predicted molar refractivity (Wildman–Crippen MR) is 163 cm³/mol. The molecule has 0 spiro atoms. The van der Waals surface area contributed by atoms with Crippen molar-refractivity contribution in [2.24, 2.45) is 0 Å². The van der Waals surface area contributed by atoms with Gasteiger partial charge in [0.05, 0.1) is 15.6 Å². The van der Waals surface area contributed by atoms with Crippen LogP contribution in [0.4, 0.5) is 4.79 Å². The van der Waals surface area contributed by atoms with Crippen molar-refractivity contribution in [2.45, 2.75) is 30.7 Å². The molecular formula is C32H38Cl2N4O2. The minimum absolute atomic E-state index is 0.00656. The fourth-order valence-corrected chi connectivity index (χ4v) is 5.71. The van der Waals surface area contributed by atoms with Crippen LogP contribution < -0.4 is 5.32 Å². The lowest BCUT2D eigenvalue weighted by Crippen LogP contribution is -2.55. The number of urea groups is 1. The molecule has 3 aromatic carbocycles. The van der Waals surface area contributed by atoms with E-state index in [9.17, 15) is 9.59 Å². The number of amides is 3. The van der Waals surface area contributed by atoms with Gasteiger partial charge < -0.3 is 20.0 Å². The lowest BCUT2D eigenvalue weighted by Gasteiger charge is -2.43. The maximum Gasteiger partial charge on any atom is 0.317 e. The van der Waals surface area contributed by atoms with Gasteiger partial charge in [0.15, 0.2) is 0 Å². The number of carbonyl (C=O) groups excluding carboxylic acids is 2. The minimum Gasteiger partial charge on any atom is -0.341 e. The summed E-state index contributed by atoms with van der Waals surface area (Å²) < 4.78 is 0. The number of hydrogen-bond acceptors (Lipinski definition) is 3. The van der Waals surface area contributed by atoms with Gasteiger partial charge in [-0.2, -0.15) is 0 Å². The van der Waals surface area contributed by atoms with Crippen LogP contribution in [0.1, 0.15) is 46.7 Å². The monoisotopic (exact) mass is 580 g/mol. The van der Waals surface area contributed by atoms with Crippen molar-refractivity contribution in [2.75, 3.05) is 47.3 Å². The van der Waals surface area contributed by atoms with Gasteiger partial charge in [-0.1, -0.05) is 77.8 Å². The van der Waals surface area contributed by atoms with Crippen LogP contribution in [0.5, 0.6) is 0 Å². The molecule has 3 aromatic rings. The van der Waals surface area contributed by atoms with Crippen molar-refractivity contribution >= 4 is 35.1 Å². The number of likely N-dealkylation sites (tertiary alicyclic amines) is 1. The van der Waals surface area contributed by atoms with Gasteiger partial charge in [-0.25, -0.2) is 4.79 Å². The van der Waals surface area contributed by atoms with Crippen molar-refractivity contribution in [3.63, 3.8) is 0 Å². The van der Waals surface area contributed by atoms with Crippen LogP contribution in [0.25, 0.3) is 0 Å². The predicted octanol–water partition coefficient (Wildman–Crippen LogP) is 6.50. The topological polar surface area (TPSA) is 55.9 Å². The molecule has 3 amide bonds. The summed E-state index contributed by atoms with van der Waals surface area (Å²) in [5.41, 5.74) is 2.48. The molecule has 1 N–H and O–H groups in total. The molecular weight excluding hydrogens is 543 g/mol. The van der Waals surface area contributed by atoms with E-state index in [4.69, 9.17) is 23.2 Å². The lowest BCUT2D eigenvalue weighted by atomic mass is 9.80. The molecule has 1 aliphatic heterocycles. The van der Waals surface area contributed by atoms with E-state index in [1.807, 2.05) is 73.8 Å². The van der Waals surface area contributed by atoms with E-state index in [-0.39, 0.29) is 17.9 Å². The Kier molecular flexibility index (Phi) is 10.1. The number of likely N-dealkylation sites (N-methyl/N-ethyl adjacent to an activating group) is 1. The van der Waals surface area contributed by atoms with Crippen molar-refractivity contribution < 1.29 is 9.59 Å².